The van der Waals surface area contributed by atoms with E-state index in [9.17, 15) is 4.79 Å². The van der Waals surface area contributed by atoms with Crippen molar-refractivity contribution in [2.75, 3.05) is 11.9 Å². The van der Waals surface area contributed by atoms with Crippen LogP contribution in [-0.2, 0) is 4.79 Å². The van der Waals surface area contributed by atoms with Crippen molar-refractivity contribution in [2.24, 2.45) is 5.92 Å². The number of piperidine rings is 1. The van der Waals surface area contributed by atoms with Crippen molar-refractivity contribution in [3.63, 3.8) is 0 Å². The fourth-order valence-corrected chi connectivity index (χ4v) is 3.12. The predicted molar refractivity (Wildman–Crippen MR) is 71.8 cm³/mol. The Morgan fingerprint density at radius 2 is 2.06 bits per heavy atom. The number of hydrogen-bond acceptors (Lipinski definition) is 1. The molecule has 0 N–H and O–H groups in total. The summed E-state index contributed by atoms with van der Waals surface area (Å²) < 4.78 is 0. The smallest absolute Gasteiger partial charge is 0.225 e. The van der Waals surface area contributed by atoms with Gasteiger partial charge in [0.2, 0.25) is 5.91 Å². The molecule has 0 aromatic heterocycles. The second kappa shape index (κ2) is 7.31. The van der Waals surface area contributed by atoms with Crippen LogP contribution in [0.4, 0.5) is 0 Å². The summed E-state index contributed by atoms with van der Waals surface area (Å²) in [5.41, 5.74) is 0. The number of likely N-dealkylation sites (tertiary alicyclic amines) is 1. The highest BCUT2D eigenvalue weighted by Crippen LogP contribution is 2.24. The van der Waals surface area contributed by atoms with Gasteiger partial charge < -0.3 is 4.90 Å². The zero-order valence-corrected chi connectivity index (χ0v) is 12.1. The van der Waals surface area contributed by atoms with Crippen LogP contribution in [0.5, 0.6) is 0 Å². The highest BCUT2D eigenvalue weighted by Gasteiger charge is 2.29. The summed E-state index contributed by atoms with van der Waals surface area (Å²) in [6.45, 7) is 5.22. The van der Waals surface area contributed by atoms with Gasteiger partial charge in [-0.2, -0.15) is 0 Å². The minimum absolute atomic E-state index is 0.246. The van der Waals surface area contributed by atoms with E-state index >= 15 is 0 Å². The number of halogens is 1. The average molecular weight is 290 g/mol. The lowest BCUT2D eigenvalue weighted by atomic mass is 9.95. The second-order valence-electron chi connectivity index (χ2n) is 4.67. The zero-order valence-electron chi connectivity index (χ0n) is 10.5. The Hall–Kier alpha value is -0.0500. The summed E-state index contributed by atoms with van der Waals surface area (Å²) in [5.74, 6) is 0.645. The number of nitrogens with zero attached hydrogens (tertiary/aromatic N) is 1. The molecule has 1 saturated heterocycles. The summed E-state index contributed by atoms with van der Waals surface area (Å²) in [6, 6.07) is 0.487. The maximum Gasteiger partial charge on any atom is 0.225 e. The molecule has 1 heterocycles. The monoisotopic (exact) mass is 289 g/mol. The Morgan fingerprint density at radius 1 is 1.38 bits per heavy atom. The molecule has 1 unspecified atom stereocenters. The van der Waals surface area contributed by atoms with Crippen LogP contribution in [0, 0.1) is 5.92 Å². The maximum absolute atomic E-state index is 12.4. The number of hydrogen-bond donors (Lipinski definition) is 0. The fourth-order valence-electron chi connectivity index (χ4n) is 2.59. The van der Waals surface area contributed by atoms with Crippen LogP contribution in [0.2, 0.25) is 0 Å². The molecule has 0 spiro atoms. The molecule has 1 rings (SSSR count). The van der Waals surface area contributed by atoms with Crippen LogP contribution < -0.4 is 0 Å². The van der Waals surface area contributed by atoms with Crippen molar-refractivity contribution < 1.29 is 4.79 Å². The van der Waals surface area contributed by atoms with Crippen molar-refractivity contribution in [1.82, 2.24) is 4.90 Å². The van der Waals surface area contributed by atoms with E-state index < -0.39 is 0 Å². The number of rotatable bonds is 5. The quantitative estimate of drug-likeness (QED) is 0.709. The topological polar surface area (TPSA) is 20.3 Å². The van der Waals surface area contributed by atoms with Crippen LogP contribution in [-0.4, -0.2) is 28.7 Å². The summed E-state index contributed by atoms with van der Waals surface area (Å²) >= 11 is 3.49. The molecule has 16 heavy (non-hydrogen) atoms. The van der Waals surface area contributed by atoms with E-state index in [0.29, 0.717) is 11.9 Å². The Kier molecular flexibility index (Phi) is 6.40. The molecule has 1 aliphatic heterocycles. The lowest BCUT2D eigenvalue weighted by molar-refractivity contribution is -0.139. The van der Waals surface area contributed by atoms with E-state index in [1.807, 2.05) is 0 Å². The van der Waals surface area contributed by atoms with E-state index in [-0.39, 0.29) is 5.92 Å². The minimum Gasteiger partial charge on any atom is -0.339 e. The lowest BCUT2D eigenvalue weighted by Gasteiger charge is -2.37. The van der Waals surface area contributed by atoms with Gasteiger partial charge in [0.05, 0.1) is 0 Å². The Labute approximate surface area is 108 Å². The van der Waals surface area contributed by atoms with Crippen LogP contribution in [0.3, 0.4) is 0 Å². The highest BCUT2D eigenvalue weighted by atomic mass is 79.9. The van der Waals surface area contributed by atoms with E-state index in [1.165, 1.54) is 19.3 Å². The average Bonchev–Trinajstić information content (AvgIpc) is 2.31. The van der Waals surface area contributed by atoms with Gasteiger partial charge in [0.25, 0.3) is 0 Å². The third kappa shape index (κ3) is 3.47. The third-order valence-corrected chi connectivity index (χ3v) is 4.15. The predicted octanol–water partition coefficient (Wildman–Crippen LogP) is 3.59. The first-order valence-corrected chi connectivity index (χ1v) is 7.73. The van der Waals surface area contributed by atoms with Gasteiger partial charge in [-0.3, -0.25) is 4.79 Å². The van der Waals surface area contributed by atoms with Gasteiger partial charge in [-0.15, -0.1) is 0 Å². The molecule has 0 aromatic carbocycles. The van der Waals surface area contributed by atoms with Gasteiger partial charge >= 0.3 is 0 Å². The maximum atomic E-state index is 12.4. The van der Waals surface area contributed by atoms with Gasteiger partial charge in [-0.1, -0.05) is 29.8 Å². The third-order valence-electron chi connectivity index (χ3n) is 3.69. The first-order valence-electron chi connectivity index (χ1n) is 6.61. The number of carbonyl (C=O) groups excluding carboxylic acids is 1. The molecule has 3 heteroatoms. The molecule has 2 nitrogen and oxygen atoms in total. The summed E-state index contributed by atoms with van der Waals surface area (Å²) in [6.07, 6.45) is 6.72. The van der Waals surface area contributed by atoms with Crippen LogP contribution in [0.15, 0.2) is 0 Å². The molecule has 94 valence electrons. The van der Waals surface area contributed by atoms with Crippen LogP contribution in [0.1, 0.15) is 52.4 Å². The molecule has 1 amide bonds. The van der Waals surface area contributed by atoms with Gasteiger partial charge in [0.1, 0.15) is 0 Å². The Bertz CT molecular complexity index is 214. The second-order valence-corrected chi connectivity index (χ2v) is 5.47. The molecule has 0 radical (unpaired) electrons. The van der Waals surface area contributed by atoms with Crippen molar-refractivity contribution in [1.29, 1.82) is 0 Å². The van der Waals surface area contributed by atoms with Crippen molar-refractivity contribution >= 4 is 21.8 Å². The zero-order chi connectivity index (χ0) is 12.0. The van der Waals surface area contributed by atoms with Gasteiger partial charge in [0.15, 0.2) is 0 Å². The van der Waals surface area contributed by atoms with Crippen LogP contribution >= 0.6 is 15.9 Å². The van der Waals surface area contributed by atoms with Crippen molar-refractivity contribution in [3.05, 3.63) is 0 Å². The van der Waals surface area contributed by atoms with Crippen LogP contribution in [0.25, 0.3) is 0 Å². The highest BCUT2D eigenvalue weighted by molar-refractivity contribution is 9.09. The van der Waals surface area contributed by atoms with Crippen molar-refractivity contribution in [3.8, 4) is 0 Å². The molecule has 0 saturated carbocycles. The molecule has 1 fully saturated rings. The SMILES string of the molecule is CCC(CC)C(=O)N1CCCCC1CCBr. The first kappa shape index (κ1) is 14.0. The lowest BCUT2D eigenvalue weighted by Crippen LogP contribution is -2.46. The molecule has 1 aliphatic rings. The van der Waals surface area contributed by atoms with E-state index in [0.717, 1.165) is 31.1 Å². The number of carbonyl (C=O) groups is 1. The summed E-state index contributed by atoms with van der Waals surface area (Å²) in [7, 11) is 0. The molecule has 0 aromatic rings. The fraction of sp³-hybridized carbons (Fsp3) is 0.923. The van der Waals surface area contributed by atoms with Gasteiger partial charge in [-0.05, 0) is 38.5 Å². The molecular formula is C13H24BrNO. The minimum atomic E-state index is 0.246. The standard InChI is InChI=1S/C13H24BrNO/c1-3-11(4-2)13(16)15-10-6-5-7-12(15)8-9-14/h11-12H,3-10H2,1-2H3. The van der Waals surface area contributed by atoms with Gasteiger partial charge in [0, 0.05) is 23.8 Å². The number of amides is 1. The summed E-state index contributed by atoms with van der Waals surface area (Å²) in [5, 5.41) is 1.00. The molecule has 0 bridgehead atoms. The molecular weight excluding hydrogens is 266 g/mol. The first-order chi connectivity index (χ1) is 7.74. The Balaban J connectivity index is 2.62. The van der Waals surface area contributed by atoms with E-state index in [4.69, 9.17) is 0 Å². The summed E-state index contributed by atoms with van der Waals surface area (Å²) in [4.78, 5) is 14.5. The van der Waals surface area contributed by atoms with E-state index in [2.05, 4.69) is 34.7 Å². The van der Waals surface area contributed by atoms with E-state index in [1.54, 1.807) is 0 Å². The normalized spacial score (nSPS) is 21.5. The number of alkyl halides is 1. The van der Waals surface area contributed by atoms with Gasteiger partial charge in [-0.25, -0.2) is 0 Å². The largest absolute Gasteiger partial charge is 0.339 e. The molecule has 0 aliphatic carbocycles. The van der Waals surface area contributed by atoms with Crippen molar-refractivity contribution in [2.45, 2.75) is 58.4 Å². The Morgan fingerprint density at radius 3 is 2.62 bits per heavy atom. The molecule has 1 atom stereocenters.